The Morgan fingerprint density at radius 3 is 2.53 bits per heavy atom. The van der Waals surface area contributed by atoms with Crippen LogP contribution in [0.1, 0.15) is 6.92 Å². The highest BCUT2D eigenvalue weighted by Crippen LogP contribution is 2.25. The number of aryl methyl sites for hydroxylation is 1. The third kappa shape index (κ3) is 1.77. The zero-order chi connectivity index (χ0) is 11.3. The maximum Gasteiger partial charge on any atom is 0.246 e. The smallest absolute Gasteiger partial charge is 0.246 e. The van der Waals surface area contributed by atoms with Crippen LogP contribution in [0, 0.1) is 0 Å². The molecule has 1 aromatic rings. The molecular weight excluding hydrogens is 216 g/mol. The highest BCUT2D eigenvalue weighted by atomic mass is 32.2. The fourth-order valence-electron chi connectivity index (χ4n) is 1.61. The van der Waals surface area contributed by atoms with Crippen LogP contribution in [-0.4, -0.2) is 41.1 Å². The van der Waals surface area contributed by atoms with E-state index in [1.54, 1.807) is 7.05 Å². The van der Waals surface area contributed by atoms with Gasteiger partial charge in [-0.2, -0.15) is 9.40 Å². The first-order chi connectivity index (χ1) is 6.81. The Hall–Kier alpha value is -0.920. The second-order valence-corrected chi connectivity index (χ2v) is 6.21. The van der Waals surface area contributed by atoms with Gasteiger partial charge in [0, 0.05) is 31.9 Å². The topological polar surface area (TPSA) is 81.2 Å². The van der Waals surface area contributed by atoms with Crippen molar-refractivity contribution in [1.29, 1.82) is 0 Å². The van der Waals surface area contributed by atoms with Crippen molar-refractivity contribution < 1.29 is 8.42 Å². The highest BCUT2D eigenvalue weighted by molar-refractivity contribution is 7.89. The van der Waals surface area contributed by atoms with Gasteiger partial charge in [0.15, 0.2) is 0 Å². The lowest BCUT2D eigenvalue weighted by Gasteiger charge is -2.43. The lowest BCUT2D eigenvalue weighted by atomic mass is 9.97. The van der Waals surface area contributed by atoms with Crippen molar-refractivity contribution in [2.75, 3.05) is 13.1 Å². The number of rotatable bonds is 2. The van der Waals surface area contributed by atoms with Crippen LogP contribution in [0.3, 0.4) is 0 Å². The fourth-order valence-corrected chi connectivity index (χ4v) is 3.30. The van der Waals surface area contributed by atoms with Gasteiger partial charge >= 0.3 is 0 Å². The number of nitrogens with two attached hydrogens (primary N) is 1. The van der Waals surface area contributed by atoms with Crippen LogP contribution in [0.4, 0.5) is 0 Å². The summed E-state index contributed by atoms with van der Waals surface area (Å²) in [6.07, 6.45) is 2.84. The van der Waals surface area contributed by atoms with Gasteiger partial charge in [0.25, 0.3) is 0 Å². The van der Waals surface area contributed by atoms with Gasteiger partial charge in [0.1, 0.15) is 4.90 Å². The first kappa shape index (κ1) is 10.6. The first-order valence-corrected chi connectivity index (χ1v) is 6.03. The quantitative estimate of drug-likeness (QED) is 0.717. The molecule has 1 saturated heterocycles. The van der Waals surface area contributed by atoms with Crippen molar-refractivity contribution in [2.45, 2.75) is 17.4 Å². The summed E-state index contributed by atoms with van der Waals surface area (Å²) >= 11 is 0. The Balaban J connectivity index is 2.23. The second kappa shape index (κ2) is 3.03. The third-order valence-electron chi connectivity index (χ3n) is 2.39. The molecule has 0 aliphatic carbocycles. The largest absolute Gasteiger partial charge is 0.323 e. The molecule has 1 aliphatic rings. The Labute approximate surface area is 88.7 Å². The Bertz CT molecular complexity index is 469. The van der Waals surface area contributed by atoms with Gasteiger partial charge in [0.05, 0.1) is 6.20 Å². The van der Waals surface area contributed by atoms with Crippen molar-refractivity contribution in [1.82, 2.24) is 14.1 Å². The summed E-state index contributed by atoms with van der Waals surface area (Å²) in [6, 6.07) is 0. The molecule has 1 aliphatic heterocycles. The minimum absolute atomic E-state index is 0.223. The fraction of sp³-hybridized carbons (Fsp3) is 0.625. The van der Waals surface area contributed by atoms with Crippen LogP contribution in [-0.2, 0) is 17.1 Å². The summed E-state index contributed by atoms with van der Waals surface area (Å²) in [4.78, 5) is 0.223. The minimum Gasteiger partial charge on any atom is -0.323 e. The van der Waals surface area contributed by atoms with Crippen LogP contribution in [0.25, 0.3) is 0 Å². The van der Waals surface area contributed by atoms with Crippen molar-refractivity contribution >= 4 is 10.0 Å². The molecule has 84 valence electrons. The molecule has 0 bridgehead atoms. The molecule has 1 fully saturated rings. The van der Waals surface area contributed by atoms with E-state index in [0.717, 1.165) is 0 Å². The zero-order valence-electron chi connectivity index (χ0n) is 8.71. The molecule has 1 aromatic heterocycles. The number of nitrogens with zero attached hydrogens (tertiary/aromatic N) is 3. The summed E-state index contributed by atoms with van der Waals surface area (Å²) in [5.74, 6) is 0. The molecule has 0 atom stereocenters. The van der Waals surface area contributed by atoms with Crippen molar-refractivity contribution in [3.63, 3.8) is 0 Å². The summed E-state index contributed by atoms with van der Waals surface area (Å²) in [7, 11) is -1.70. The average molecular weight is 230 g/mol. The normalized spacial score (nSPS) is 21.3. The van der Waals surface area contributed by atoms with Crippen molar-refractivity contribution in [2.24, 2.45) is 12.8 Å². The molecule has 0 unspecified atom stereocenters. The van der Waals surface area contributed by atoms with Gasteiger partial charge in [-0.3, -0.25) is 4.68 Å². The number of sulfonamides is 1. The molecule has 2 heterocycles. The molecular formula is C8H14N4O2S. The van der Waals surface area contributed by atoms with Gasteiger partial charge in [-0.25, -0.2) is 8.42 Å². The van der Waals surface area contributed by atoms with E-state index < -0.39 is 15.6 Å². The Kier molecular flexibility index (Phi) is 2.14. The van der Waals surface area contributed by atoms with Crippen LogP contribution in [0.2, 0.25) is 0 Å². The maximum atomic E-state index is 11.9. The molecule has 2 N–H and O–H groups in total. The van der Waals surface area contributed by atoms with Gasteiger partial charge in [-0.05, 0) is 6.92 Å². The van der Waals surface area contributed by atoms with Crippen LogP contribution in [0.15, 0.2) is 17.3 Å². The highest BCUT2D eigenvalue weighted by Gasteiger charge is 2.42. The lowest BCUT2D eigenvalue weighted by molar-refractivity contribution is 0.176. The van der Waals surface area contributed by atoms with E-state index in [0.29, 0.717) is 13.1 Å². The molecule has 0 spiro atoms. The van der Waals surface area contributed by atoms with Gasteiger partial charge < -0.3 is 5.73 Å². The van der Waals surface area contributed by atoms with Gasteiger partial charge in [-0.15, -0.1) is 0 Å². The average Bonchev–Trinajstić information content (AvgIpc) is 2.48. The SMILES string of the molecule is Cn1cc(S(=O)(=O)N2CC(C)(N)C2)cn1. The molecule has 6 nitrogen and oxygen atoms in total. The van der Waals surface area contributed by atoms with E-state index in [9.17, 15) is 8.42 Å². The lowest BCUT2D eigenvalue weighted by Crippen LogP contribution is -2.66. The van der Waals surface area contributed by atoms with E-state index in [-0.39, 0.29) is 4.90 Å². The van der Waals surface area contributed by atoms with E-state index in [1.165, 1.54) is 21.4 Å². The maximum absolute atomic E-state index is 11.9. The number of aromatic nitrogens is 2. The van der Waals surface area contributed by atoms with Gasteiger partial charge in [0.2, 0.25) is 10.0 Å². The Morgan fingerprint density at radius 2 is 2.13 bits per heavy atom. The Morgan fingerprint density at radius 1 is 1.53 bits per heavy atom. The molecule has 15 heavy (non-hydrogen) atoms. The molecule has 0 amide bonds. The summed E-state index contributed by atoms with van der Waals surface area (Å²) < 4.78 is 26.7. The van der Waals surface area contributed by atoms with Crippen LogP contribution in [0.5, 0.6) is 0 Å². The van der Waals surface area contributed by atoms with E-state index in [1.807, 2.05) is 6.92 Å². The molecule has 2 rings (SSSR count). The first-order valence-electron chi connectivity index (χ1n) is 4.59. The summed E-state index contributed by atoms with van der Waals surface area (Å²) in [5.41, 5.74) is 5.37. The minimum atomic E-state index is -3.38. The van der Waals surface area contributed by atoms with E-state index in [2.05, 4.69) is 5.10 Å². The number of hydrogen-bond donors (Lipinski definition) is 1. The third-order valence-corrected chi connectivity index (χ3v) is 4.14. The van der Waals surface area contributed by atoms with Crippen LogP contribution < -0.4 is 5.73 Å². The summed E-state index contributed by atoms with van der Waals surface area (Å²) in [6.45, 7) is 2.57. The monoisotopic (exact) mass is 230 g/mol. The predicted octanol–water partition coefficient (Wildman–Crippen LogP) is -0.858. The molecule has 0 radical (unpaired) electrons. The predicted molar refractivity (Wildman–Crippen MR) is 54.6 cm³/mol. The second-order valence-electron chi connectivity index (χ2n) is 4.28. The van der Waals surface area contributed by atoms with Crippen molar-refractivity contribution in [3.05, 3.63) is 12.4 Å². The van der Waals surface area contributed by atoms with E-state index >= 15 is 0 Å². The van der Waals surface area contributed by atoms with Crippen LogP contribution >= 0.6 is 0 Å². The molecule has 0 aromatic carbocycles. The van der Waals surface area contributed by atoms with Gasteiger partial charge in [-0.1, -0.05) is 0 Å². The standard InChI is InChI=1S/C8H14N4O2S/c1-8(9)5-12(6-8)15(13,14)7-3-10-11(2)4-7/h3-4H,5-6,9H2,1-2H3. The molecule has 0 saturated carbocycles. The zero-order valence-corrected chi connectivity index (χ0v) is 9.53. The van der Waals surface area contributed by atoms with E-state index in [4.69, 9.17) is 5.73 Å². The number of hydrogen-bond acceptors (Lipinski definition) is 4. The molecule has 7 heteroatoms. The van der Waals surface area contributed by atoms with Crippen molar-refractivity contribution in [3.8, 4) is 0 Å². The summed E-state index contributed by atoms with van der Waals surface area (Å²) in [5, 5.41) is 3.84.